The van der Waals surface area contributed by atoms with Crippen molar-refractivity contribution in [1.29, 1.82) is 5.26 Å². The first-order valence-corrected chi connectivity index (χ1v) is 9.37. The molecule has 1 aliphatic heterocycles. The monoisotopic (exact) mass is 418 g/mol. The highest BCUT2D eigenvalue weighted by Crippen LogP contribution is 2.42. The van der Waals surface area contributed by atoms with Crippen molar-refractivity contribution in [2.24, 2.45) is 5.92 Å². The van der Waals surface area contributed by atoms with Crippen LogP contribution in [0.3, 0.4) is 0 Å². The lowest BCUT2D eigenvalue weighted by Gasteiger charge is -2.21. The number of nitrogens with zero attached hydrogens (tertiary/aromatic N) is 2. The van der Waals surface area contributed by atoms with E-state index in [2.05, 4.69) is 10.6 Å². The van der Waals surface area contributed by atoms with Crippen LogP contribution in [0.5, 0.6) is 0 Å². The lowest BCUT2D eigenvalue weighted by molar-refractivity contribution is -0.155. The summed E-state index contributed by atoms with van der Waals surface area (Å²) in [7, 11) is 0. The Morgan fingerprint density at radius 3 is 2.72 bits per heavy atom. The number of hydrogen-bond acceptors (Lipinski definition) is 6. The summed E-state index contributed by atoms with van der Waals surface area (Å²) >= 11 is 5.91. The van der Waals surface area contributed by atoms with Gasteiger partial charge in [0.25, 0.3) is 11.8 Å². The minimum Gasteiger partial charge on any atom is -0.451 e. The Hall–Kier alpha value is -3.12. The van der Waals surface area contributed by atoms with Crippen molar-refractivity contribution in [1.82, 2.24) is 10.2 Å². The number of carbonyl (C=O) groups excluding carboxylic acids is 4. The number of nitrogens with one attached hydrogen (secondary N) is 2. The summed E-state index contributed by atoms with van der Waals surface area (Å²) in [5.74, 6) is -1.90. The first-order valence-electron chi connectivity index (χ1n) is 9.00. The van der Waals surface area contributed by atoms with E-state index in [-0.39, 0.29) is 16.5 Å². The molecule has 1 saturated carbocycles. The van der Waals surface area contributed by atoms with Gasteiger partial charge < -0.3 is 15.4 Å². The molecule has 10 heteroatoms. The van der Waals surface area contributed by atoms with Crippen LogP contribution in [0.25, 0.3) is 0 Å². The molecular formula is C19H19ClN4O5. The SMILES string of the molecule is C[C@H](OC(=O)CN1C(=O)N[C@@](C)(C2CC2)C1=O)C(=O)Nc1ccc(C#N)c(Cl)c1. The van der Waals surface area contributed by atoms with E-state index < -0.39 is 42.0 Å². The van der Waals surface area contributed by atoms with Gasteiger partial charge in [-0.05, 0) is 50.8 Å². The minimum atomic E-state index is -1.17. The van der Waals surface area contributed by atoms with E-state index in [1.54, 1.807) is 6.92 Å². The van der Waals surface area contributed by atoms with E-state index in [1.807, 2.05) is 6.07 Å². The summed E-state index contributed by atoms with van der Waals surface area (Å²) < 4.78 is 5.05. The predicted molar refractivity (Wildman–Crippen MR) is 102 cm³/mol. The molecule has 0 spiro atoms. The molecule has 2 N–H and O–H groups in total. The van der Waals surface area contributed by atoms with E-state index in [0.29, 0.717) is 5.69 Å². The van der Waals surface area contributed by atoms with Gasteiger partial charge in [0.05, 0.1) is 10.6 Å². The maximum absolute atomic E-state index is 12.5. The molecule has 1 aromatic carbocycles. The second-order valence-corrected chi connectivity index (χ2v) is 7.63. The number of carbonyl (C=O) groups is 4. The van der Waals surface area contributed by atoms with Gasteiger partial charge >= 0.3 is 12.0 Å². The third-order valence-electron chi connectivity index (χ3n) is 5.02. The fraction of sp³-hybridized carbons (Fsp3) is 0.421. The number of ether oxygens (including phenoxy) is 1. The summed E-state index contributed by atoms with van der Waals surface area (Å²) in [6, 6.07) is 5.59. The Morgan fingerprint density at radius 1 is 1.45 bits per heavy atom. The zero-order valence-corrected chi connectivity index (χ0v) is 16.6. The molecule has 2 fully saturated rings. The van der Waals surface area contributed by atoms with Crippen molar-refractivity contribution in [3.8, 4) is 6.07 Å². The largest absolute Gasteiger partial charge is 0.451 e. The molecular weight excluding hydrogens is 400 g/mol. The number of hydrogen-bond donors (Lipinski definition) is 2. The Kier molecular flexibility index (Phi) is 5.48. The molecule has 1 aliphatic carbocycles. The number of halogens is 1. The van der Waals surface area contributed by atoms with E-state index >= 15 is 0 Å². The normalized spacial score (nSPS) is 21.9. The van der Waals surface area contributed by atoms with Crippen LogP contribution < -0.4 is 10.6 Å². The van der Waals surface area contributed by atoms with Gasteiger partial charge in [-0.2, -0.15) is 5.26 Å². The molecule has 152 valence electrons. The number of anilines is 1. The van der Waals surface area contributed by atoms with Crippen molar-refractivity contribution in [3.63, 3.8) is 0 Å². The second kappa shape index (κ2) is 7.72. The van der Waals surface area contributed by atoms with Crippen LogP contribution in [0.1, 0.15) is 32.3 Å². The minimum absolute atomic E-state index is 0.0731. The molecule has 1 aromatic rings. The van der Waals surface area contributed by atoms with Gasteiger partial charge in [-0.25, -0.2) is 4.79 Å². The zero-order chi connectivity index (χ0) is 21.3. The van der Waals surface area contributed by atoms with Crippen molar-refractivity contribution in [3.05, 3.63) is 28.8 Å². The highest BCUT2D eigenvalue weighted by atomic mass is 35.5. The van der Waals surface area contributed by atoms with Crippen LogP contribution >= 0.6 is 11.6 Å². The van der Waals surface area contributed by atoms with Gasteiger partial charge in [-0.1, -0.05) is 11.6 Å². The maximum Gasteiger partial charge on any atom is 0.327 e. The molecule has 9 nitrogen and oxygen atoms in total. The Labute approximate surface area is 171 Å². The van der Waals surface area contributed by atoms with E-state index in [4.69, 9.17) is 21.6 Å². The Balaban J connectivity index is 1.55. The third kappa shape index (κ3) is 4.17. The lowest BCUT2D eigenvalue weighted by atomic mass is 9.96. The van der Waals surface area contributed by atoms with Crippen LogP contribution in [0.4, 0.5) is 10.5 Å². The molecule has 2 aliphatic rings. The topological polar surface area (TPSA) is 129 Å². The van der Waals surface area contributed by atoms with Gasteiger partial charge in [0.2, 0.25) is 0 Å². The van der Waals surface area contributed by atoms with Crippen molar-refractivity contribution >= 4 is 41.1 Å². The number of esters is 1. The van der Waals surface area contributed by atoms with Crippen molar-refractivity contribution in [2.45, 2.75) is 38.3 Å². The molecule has 0 unspecified atom stereocenters. The Morgan fingerprint density at radius 2 is 2.14 bits per heavy atom. The summed E-state index contributed by atoms with van der Waals surface area (Å²) in [5, 5.41) is 14.2. The maximum atomic E-state index is 12.5. The fourth-order valence-electron chi connectivity index (χ4n) is 3.14. The number of imide groups is 1. The number of amides is 4. The summed E-state index contributed by atoms with van der Waals surface area (Å²) in [4.78, 5) is 49.8. The van der Waals surface area contributed by atoms with E-state index in [9.17, 15) is 19.2 Å². The first kappa shape index (κ1) is 20.6. The summed E-state index contributed by atoms with van der Waals surface area (Å²) in [5.41, 5.74) is -0.401. The molecule has 29 heavy (non-hydrogen) atoms. The lowest BCUT2D eigenvalue weighted by Crippen LogP contribution is -2.46. The second-order valence-electron chi connectivity index (χ2n) is 7.23. The van der Waals surface area contributed by atoms with Crippen LogP contribution in [0.2, 0.25) is 5.02 Å². The van der Waals surface area contributed by atoms with Gasteiger partial charge in [-0.15, -0.1) is 0 Å². The molecule has 1 heterocycles. The van der Waals surface area contributed by atoms with Crippen LogP contribution in [0, 0.1) is 17.2 Å². The molecule has 2 atom stereocenters. The average molecular weight is 419 g/mol. The fourth-order valence-corrected chi connectivity index (χ4v) is 3.36. The van der Waals surface area contributed by atoms with Crippen molar-refractivity contribution in [2.75, 3.05) is 11.9 Å². The molecule has 1 saturated heterocycles. The first-order chi connectivity index (χ1) is 13.7. The molecule has 4 amide bonds. The number of urea groups is 1. The summed E-state index contributed by atoms with van der Waals surface area (Å²) in [6.07, 6.45) is 0.516. The Bertz CT molecular complexity index is 939. The average Bonchev–Trinajstić information content (AvgIpc) is 3.48. The molecule has 0 bridgehead atoms. The van der Waals surface area contributed by atoms with Gasteiger partial charge in [0.15, 0.2) is 6.10 Å². The van der Waals surface area contributed by atoms with E-state index in [0.717, 1.165) is 17.7 Å². The van der Waals surface area contributed by atoms with Crippen LogP contribution in [-0.2, 0) is 19.1 Å². The summed E-state index contributed by atoms with van der Waals surface area (Å²) in [6.45, 7) is 2.43. The standard InChI is InChI=1S/C19H19ClN4O5/c1-10(16(26)22-13-6-3-11(8-21)14(20)7-13)29-15(25)9-24-17(27)19(2,12-4-5-12)23-18(24)28/h3,6-7,10,12H,4-5,9H2,1-2H3,(H,22,26)(H,23,28)/t10-,19-/m0/s1. The number of benzene rings is 1. The predicted octanol–water partition coefficient (Wildman–Crippen LogP) is 1.80. The highest BCUT2D eigenvalue weighted by molar-refractivity contribution is 6.32. The van der Waals surface area contributed by atoms with Crippen LogP contribution in [0.15, 0.2) is 18.2 Å². The van der Waals surface area contributed by atoms with E-state index in [1.165, 1.54) is 25.1 Å². The quantitative estimate of drug-likeness (QED) is 0.535. The van der Waals surface area contributed by atoms with Crippen LogP contribution in [-0.4, -0.2) is 46.9 Å². The number of nitriles is 1. The zero-order valence-electron chi connectivity index (χ0n) is 15.8. The van der Waals surface area contributed by atoms with Gasteiger partial charge in [0.1, 0.15) is 18.2 Å². The third-order valence-corrected chi connectivity index (χ3v) is 5.33. The van der Waals surface area contributed by atoms with Crippen molar-refractivity contribution < 1.29 is 23.9 Å². The smallest absolute Gasteiger partial charge is 0.327 e. The molecule has 0 aromatic heterocycles. The van der Waals surface area contributed by atoms with Gasteiger partial charge in [-0.3, -0.25) is 19.3 Å². The molecule has 0 radical (unpaired) electrons. The van der Waals surface area contributed by atoms with Gasteiger partial charge in [0, 0.05) is 5.69 Å². The molecule has 3 rings (SSSR count). The highest BCUT2D eigenvalue weighted by Gasteiger charge is 2.56. The number of rotatable bonds is 6.